The number of nitrogens with one attached hydrogen (secondary N) is 1. The molecule has 104 valence electrons. The minimum absolute atomic E-state index is 0.0852. The molecule has 1 aromatic heterocycles. The lowest BCUT2D eigenvalue weighted by molar-refractivity contribution is -0.117. The first-order valence-electron chi connectivity index (χ1n) is 6.34. The first kappa shape index (κ1) is 13.3. The van der Waals surface area contributed by atoms with Crippen LogP contribution in [0.1, 0.15) is 6.42 Å². The van der Waals surface area contributed by atoms with Gasteiger partial charge in [0, 0.05) is 23.9 Å². The highest BCUT2D eigenvalue weighted by atomic mass is 79.9. The molecule has 1 unspecified atom stereocenters. The monoisotopic (exact) mass is 337 g/mol. The summed E-state index contributed by atoms with van der Waals surface area (Å²) in [5, 5.41) is 7.71. The van der Waals surface area contributed by atoms with E-state index in [9.17, 15) is 9.18 Å². The van der Waals surface area contributed by atoms with E-state index in [-0.39, 0.29) is 11.7 Å². The number of H-pyrrole nitrogens is 1. The van der Waals surface area contributed by atoms with Crippen LogP contribution < -0.4 is 4.90 Å². The summed E-state index contributed by atoms with van der Waals surface area (Å²) in [6.45, 7) is 0.667. The Morgan fingerprint density at radius 3 is 2.80 bits per heavy atom. The van der Waals surface area contributed by atoms with Crippen LogP contribution in [0.4, 0.5) is 10.2 Å². The Hall–Kier alpha value is -1.69. The molecule has 2 aromatic rings. The number of amides is 1. The summed E-state index contributed by atoms with van der Waals surface area (Å²) in [5.41, 5.74) is 1.65. The van der Waals surface area contributed by atoms with Gasteiger partial charge in [-0.2, -0.15) is 5.10 Å². The standard InChI is InChI=1S/C14H13BrFN3O/c15-6-9-5-13(20)19(8-9)14-12(7-17-18-14)10-1-3-11(16)4-2-10/h1-4,7,9H,5-6,8H2,(H,17,18). The van der Waals surface area contributed by atoms with Crippen molar-refractivity contribution in [2.75, 3.05) is 16.8 Å². The van der Waals surface area contributed by atoms with E-state index in [1.807, 2.05) is 0 Å². The minimum atomic E-state index is -0.282. The lowest BCUT2D eigenvalue weighted by atomic mass is 10.1. The van der Waals surface area contributed by atoms with Crippen molar-refractivity contribution in [1.82, 2.24) is 10.2 Å². The number of nitrogens with zero attached hydrogens (tertiary/aromatic N) is 2. The molecule has 1 saturated heterocycles. The normalized spacial score (nSPS) is 18.8. The third-order valence-electron chi connectivity index (χ3n) is 3.47. The Morgan fingerprint density at radius 1 is 1.40 bits per heavy atom. The maximum Gasteiger partial charge on any atom is 0.228 e. The molecule has 4 nitrogen and oxygen atoms in total. The van der Waals surface area contributed by atoms with E-state index in [0.29, 0.717) is 24.7 Å². The molecule has 0 spiro atoms. The number of carbonyl (C=O) groups excluding carboxylic acids is 1. The fraction of sp³-hybridized carbons (Fsp3) is 0.286. The van der Waals surface area contributed by atoms with Gasteiger partial charge in [-0.05, 0) is 23.6 Å². The molecule has 0 aliphatic carbocycles. The number of halogens is 2. The third kappa shape index (κ3) is 2.35. The summed E-state index contributed by atoms with van der Waals surface area (Å²) in [5.74, 6) is 0.800. The Bertz CT molecular complexity index is 626. The van der Waals surface area contributed by atoms with Crippen LogP contribution in [0.2, 0.25) is 0 Å². The van der Waals surface area contributed by atoms with Crippen LogP contribution in [0.3, 0.4) is 0 Å². The lowest BCUT2D eigenvalue weighted by Crippen LogP contribution is -2.25. The van der Waals surface area contributed by atoms with Gasteiger partial charge >= 0.3 is 0 Å². The van der Waals surface area contributed by atoms with E-state index in [1.165, 1.54) is 12.1 Å². The quantitative estimate of drug-likeness (QED) is 0.875. The molecule has 0 radical (unpaired) electrons. The second-order valence-electron chi connectivity index (χ2n) is 4.87. The molecular formula is C14H13BrFN3O. The fourth-order valence-corrected chi connectivity index (χ4v) is 2.86. The molecule has 20 heavy (non-hydrogen) atoms. The van der Waals surface area contributed by atoms with E-state index < -0.39 is 0 Å². The molecule has 1 atom stereocenters. The van der Waals surface area contributed by atoms with Gasteiger partial charge < -0.3 is 0 Å². The van der Waals surface area contributed by atoms with Crippen molar-refractivity contribution in [3.05, 3.63) is 36.3 Å². The van der Waals surface area contributed by atoms with E-state index >= 15 is 0 Å². The van der Waals surface area contributed by atoms with Gasteiger partial charge in [-0.3, -0.25) is 14.8 Å². The highest BCUT2D eigenvalue weighted by Crippen LogP contribution is 2.33. The van der Waals surface area contributed by atoms with Gasteiger partial charge in [0.15, 0.2) is 0 Å². The van der Waals surface area contributed by atoms with Crippen LogP contribution >= 0.6 is 15.9 Å². The predicted octanol–water partition coefficient (Wildman–Crippen LogP) is 2.96. The number of rotatable bonds is 3. The Balaban J connectivity index is 1.94. The topological polar surface area (TPSA) is 49.0 Å². The fourth-order valence-electron chi connectivity index (χ4n) is 2.43. The number of hydrogen-bond acceptors (Lipinski definition) is 2. The number of hydrogen-bond donors (Lipinski definition) is 1. The Labute approximate surface area is 124 Å². The van der Waals surface area contributed by atoms with Crippen molar-refractivity contribution in [3.63, 3.8) is 0 Å². The van der Waals surface area contributed by atoms with Gasteiger partial charge in [0.25, 0.3) is 0 Å². The van der Waals surface area contributed by atoms with Crippen LogP contribution in [0.5, 0.6) is 0 Å². The SMILES string of the molecule is O=C1CC(CBr)CN1c1[nH]ncc1-c1ccc(F)cc1. The van der Waals surface area contributed by atoms with Crippen molar-refractivity contribution in [2.45, 2.75) is 6.42 Å². The lowest BCUT2D eigenvalue weighted by Gasteiger charge is -2.16. The van der Waals surface area contributed by atoms with Crippen LogP contribution in [0.15, 0.2) is 30.5 Å². The molecule has 0 bridgehead atoms. The van der Waals surface area contributed by atoms with Crippen LogP contribution in [0.25, 0.3) is 11.1 Å². The summed E-state index contributed by atoms with van der Waals surface area (Å²) in [6.07, 6.45) is 2.20. The van der Waals surface area contributed by atoms with E-state index in [2.05, 4.69) is 26.1 Å². The molecule has 6 heteroatoms. The molecule has 1 fully saturated rings. The predicted molar refractivity (Wildman–Crippen MR) is 78.2 cm³/mol. The second-order valence-corrected chi connectivity index (χ2v) is 5.52. The summed E-state index contributed by atoms with van der Waals surface area (Å²) in [7, 11) is 0. The molecule has 1 N–H and O–H groups in total. The number of benzene rings is 1. The number of alkyl halides is 1. The molecule has 1 amide bonds. The smallest absolute Gasteiger partial charge is 0.228 e. The first-order valence-corrected chi connectivity index (χ1v) is 7.47. The van der Waals surface area contributed by atoms with E-state index in [1.54, 1.807) is 23.2 Å². The molecule has 1 aliphatic rings. The largest absolute Gasteiger partial charge is 0.296 e. The zero-order valence-corrected chi connectivity index (χ0v) is 12.2. The average Bonchev–Trinajstić information content (AvgIpc) is 3.05. The van der Waals surface area contributed by atoms with Crippen molar-refractivity contribution >= 4 is 27.7 Å². The van der Waals surface area contributed by atoms with Gasteiger partial charge in [0.1, 0.15) is 11.6 Å². The minimum Gasteiger partial charge on any atom is -0.296 e. The Morgan fingerprint density at radius 2 is 2.15 bits per heavy atom. The summed E-state index contributed by atoms with van der Waals surface area (Å²) >= 11 is 3.42. The molecule has 3 rings (SSSR count). The van der Waals surface area contributed by atoms with Gasteiger partial charge in [0.05, 0.1) is 6.20 Å². The molecule has 2 heterocycles. The maximum absolute atomic E-state index is 13.0. The zero-order valence-electron chi connectivity index (χ0n) is 10.6. The maximum atomic E-state index is 13.0. The highest BCUT2D eigenvalue weighted by molar-refractivity contribution is 9.09. The molecule has 1 aliphatic heterocycles. The van der Waals surface area contributed by atoms with E-state index in [0.717, 1.165) is 16.5 Å². The number of anilines is 1. The number of aromatic nitrogens is 2. The van der Waals surface area contributed by atoms with Crippen LogP contribution in [-0.4, -0.2) is 28.0 Å². The van der Waals surface area contributed by atoms with Gasteiger partial charge in [-0.25, -0.2) is 4.39 Å². The summed E-state index contributed by atoms with van der Waals surface area (Å²) in [4.78, 5) is 13.8. The van der Waals surface area contributed by atoms with Gasteiger partial charge in [-0.1, -0.05) is 28.1 Å². The van der Waals surface area contributed by atoms with Gasteiger partial charge in [0.2, 0.25) is 5.91 Å². The van der Waals surface area contributed by atoms with Crippen molar-refractivity contribution in [3.8, 4) is 11.1 Å². The third-order valence-corrected chi connectivity index (χ3v) is 4.38. The van der Waals surface area contributed by atoms with Crippen molar-refractivity contribution in [2.24, 2.45) is 5.92 Å². The Kier molecular flexibility index (Phi) is 3.56. The highest BCUT2D eigenvalue weighted by Gasteiger charge is 2.32. The second kappa shape index (κ2) is 5.36. The number of aromatic amines is 1. The molecule has 0 saturated carbocycles. The molecule has 1 aromatic carbocycles. The van der Waals surface area contributed by atoms with E-state index in [4.69, 9.17) is 0 Å². The van der Waals surface area contributed by atoms with Crippen molar-refractivity contribution < 1.29 is 9.18 Å². The summed E-state index contributed by atoms with van der Waals surface area (Å²) in [6, 6.07) is 6.18. The van der Waals surface area contributed by atoms with Crippen LogP contribution in [-0.2, 0) is 4.79 Å². The van der Waals surface area contributed by atoms with Gasteiger partial charge in [-0.15, -0.1) is 0 Å². The first-order chi connectivity index (χ1) is 9.69. The molecular weight excluding hydrogens is 325 g/mol. The number of carbonyl (C=O) groups is 1. The average molecular weight is 338 g/mol. The van der Waals surface area contributed by atoms with Crippen LogP contribution in [0, 0.1) is 11.7 Å². The van der Waals surface area contributed by atoms with Crippen molar-refractivity contribution in [1.29, 1.82) is 0 Å². The summed E-state index contributed by atoms with van der Waals surface area (Å²) < 4.78 is 13.0. The zero-order chi connectivity index (χ0) is 14.1.